The summed E-state index contributed by atoms with van der Waals surface area (Å²) in [6.07, 6.45) is 1.79. The number of rotatable bonds is 1. The molecule has 0 fully saturated rings. The van der Waals surface area contributed by atoms with Gasteiger partial charge < -0.3 is 0 Å². The molecular weight excluding hydrogens is 238 g/mol. The van der Waals surface area contributed by atoms with Gasteiger partial charge in [0.15, 0.2) is 0 Å². The lowest BCUT2D eigenvalue weighted by atomic mass is 10.1. The Morgan fingerprint density at radius 2 is 1.84 bits per heavy atom. The van der Waals surface area contributed by atoms with E-state index >= 15 is 0 Å². The summed E-state index contributed by atoms with van der Waals surface area (Å²) in [7, 11) is 3.65. The molecule has 1 aromatic carbocycles. The van der Waals surface area contributed by atoms with Gasteiger partial charge in [0.05, 0.1) is 16.6 Å². The topological polar surface area (TPSA) is 39.8 Å². The highest BCUT2D eigenvalue weighted by Gasteiger charge is 2.09. The van der Waals surface area contributed by atoms with Crippen LogP contribution >= 0.6 is 0 Å². The smallest absolute Gasteiger partial charge is 0.274 e. The molecule has 2 aromatic heterocycles. The summed E-state index contributed by atoms with van der Waals surface area (Å²) in [5.74, 6) is 0. The van der Waals surface area contributed by atoms with E-state index in [2.05, 4.69) is 4.98 Å². The first-order chi connectivity index (χ1) is 9.08. The lowest BCUT2D eigenvalue weighted by Crippen LogP contribution is -2.16. The van der Waals surface area contributed by atoms with Gasteiger partial charge in [0.25, 0.3) is 5.56 Å². The number of nitrogens with zero attached hydrogens (tertiary/aromatic N) is 3. The van der Waals surface area contributed by atoms with Crippen LogP contribution < -0.4 is 5.56 Å². The third kappa shape index (κ3) is 1.76. The fourth-order valence-corrected chi connectivity index (χ4v) is 2.32. The maximum atomic E-state index is 12.1. The van der Waals surface area contributed by atoms with E-state index in [1.165, 1.54) is 0 Å². The summed E-state index contributed by atoms with van der Waals surface area (Å²) in [6.45, 7) is 2.03. The Morgan fingerprint density at radius 1 is 1.05 bits per heavy atom. The number of fused-ring (bicyclic) bond motifs is 1. The Labute approximate surface area is 110 Å². The van der Waals surface area contributed by atoms with Crippen molar-refractivity contribution in [3.63, 3.8) is 0 Å². The van der Waals surface area contributed by atoms with Gasteiger partial charge in [-0.25, -0.2) is 0 Å². The van der Waals surface area contributed by atoms with Gasteiger partial charge in [-0.15, -0.1) is 0 Å². The number of aryl methyl sites for hydroxylation is 2. The van der Waals surface area contributed by atoms with Crippen molar-refractivity contribution in [3.05, 3.63) is 52.4 Å². The van der Waals surface area contributed by atoms with E-state index in [4.69, 9.17) is 0 Å². The van der Waals surface area contributed by atoms with Crippen LogP contribution in [0.15, 0.2) is 41.3 Å². The molecule has 0 N–H and O–H groups in total. The van der Waals surface area contributed by atoms with Gasteiger partial charge in [0.2, 0.25) is 0 Å². The van der Waals surface area contributed by atoms with Gasteiger partial charge in [0, 0.05) is 25.9 Å². The minimum absolute atomic E-state index is 0.0204. The summed E-state index contributed by atoms with van der Waals surface area (Å²) in [5.41, 5.74) is 3.98. The molecule has 0 bridgehead atoms. The largest absolute Gasteiger partial charge is 0.285 e. The molecule has 4 nitrogen and oxygen atoms in total. The minimum atomic E-state index is 0.0204. The van der Waals surface area contributed by atoms with Gasteiger partial charge >= 0.3 is 0 Å². The molecule has 0 spiro atoms. The molecule has 0 saturated carbocycles. The quantitative estimate of drug-likeness (QED) is 0.667. The summed E-state index contributed by atoms with van der Waals surface area (Å²) >= 11 is 0. The fourth-order valence-electron chi connectivity index (χ4n) is 2.32. The first kappa shape index (κ1) is 11.7. The zero-order chi connectivity index (χ0) is 13.6. The van der Waals surface area contributed by atoms with Crippen molar-refractivity contribution in [1.82, 2.24) is 14.3 Å². The highest BCUT2D eigenvalue weighted by molar-refractivity contribution is 5.83. The normalized spacial score (nSPS) is 11.1. The zero-order valence-corrected chi connectivity index (χ0v) is 11.2. The van der Waals surface area contributed by atoms with Crippen LogP contribution in [0.4, 0.5) is 0 Å². The minimum Gasteiger partial charge on any atom is -0.285 e. The van der Waals surface area contributed by atoms with E-state index in [0.29, 0.717) is 0 Å². The zero-order valence-electron chi connectivity index (χ0n) is 11.2. The van der Waals surface area contributed by atoms with Gasteiger partial charge in [-0.05, 0) is 36.8 Å². The number of benzene rings is 1. The molecule has 19 heavy (non-hydrogen) atoms. The van der Waals surface area contributed by atoms with E-state index in [0.717, 1.165) is 27.7 Å². The number of aromatic nitrogens is 3. The van der Waals surface area contributed by atoms with E-state index in [-0.39, 0.29) is 5.56 Å². The molecule has 4 heteroatoms. The average Bonchev–Trinajstić information content (AvgIpc) is 2.64. The fraction of sp³-hybridized carbons (Fsp3) is 0.200. The second-order valence-corrected chi connectivity index (χ2v) is 4.80. The van der Waals surface area contributed by atoms with Gasteiger partial charge in [-0.1, -0.05) is 6.07 Å². The van der Waals surface area contributed by atoms with Crippen molar-refractivity contribution in [1.29, 1.82) is 0 Å². The summed E-state index contributed by atoms with van der Waals surface area (Å²) in [4.78, 5) is 16.5. The number of hydrogen-bond acceptors (Lipinski definition) is 2. The number of hydrogen-bond donors (Lipinski definition) is 0. The maximum Gasteiger partial charge on any atom is 0.274 e. The van der Waals surface area contributed by atoms with Crippen LogP contribution in [0, 0.1) is 6.92 Å². The van der Waals surface area contributed by atoms with Gasteiger partial charge in [-0.3, -0.25) is 19.1 Å². The average molecular weight is 253 g/mol. The van der Waals surface area contributed by atoms with Crippen LogP contribution in [0.25, 0.3) is 22.2 Å². The Hall–Kier alpha value is -2.36. The van der Waals surface area contributed by atoms with Crippen LogP contribution in [0.3, 0.4) is 0 Å². The predicted octanol–water partition coefficient (Wildman–Crippen LogP) is 2.25. The Morgan fingerprint density at radius 3 is 2.58 bits per heavy atom. The van der Waals surface area contributed by atoms with Crippen LogP contribution in [0.1, 0.15) is 5.56 Å². The van der Waals surface area contributed by atoms with Gasteiger partial charge in [0.1, 0.15) is 0 Å². The summed E-state index contributed by atoms with van der Waals surface area (Å²) in [6, 6.07) is 9.87. The van der Waals surface area contributed by atoms with Crippen LogP contribution in [-0.2, 0) is 14.1 Å². The highest BCUT2D eigenvalue weighted by Crippen LogP contribution is 2.21. The summed E-state index contributed by atoms with van der Waals surface area (Å²) < 4.78 is 3.46. The molecule has 3 rings (SSSR count). The van der Waals surface area contributed by atoms with Crippen molar-refractivity contribution in [3.8, 4) is 11.3 Å². The van der Waals surface area contributed by atoms with Crippen molar-refractivity contribution in [2.75, 3.05) is 0 Å². The SMILES string of the molecule is Cc1ccnc(-c2ccc3c(c2)c(=O)n(C)n3C)c1. The Bertz CT molecular complexity index is 827. The second-order valence-electron chi connectivity index (χ2n) is 4.80. The molecular formula is C15H15N3O. The Kier molecular flexibility index (Phi) is 2.52. The van der Waals surface area contributed by atoms with E-state index in [1.54, 1.807) is 17.9 Å². The molecule has 0 radical (unpaired) electrons. The van der Waals surface area contributed by atoms with E-state index < -0.39 is 0 Å². The second kappa shape index (κ2) is 4.09. The first-order valence-corrected chi connectivity index (χ1v) is 6.16. The van der Waals surface area contributed by atoms with Crippen LogP contribution in [0.2, 0.25) is 0 Å². The molecule has 96 valence electrons. The molecule has 0 atom stereocenters. The molecule has 0 unspecified atom stereocenters. The molecule has 0 amide bonds. The maximum absolute atomic E-state index is 12.1. The third-order valence-electron chi connectivity index (χ3n) is 3.53. The van der Waals surface area contributed by atoms with Crippen molar-refractivity contribution in [2.24, 2.45) is 14.1 Å². The number of pyridine rings is 1. The van der Waals surface area contributed by atoms with Gasteiger partial charge in [-0.2, -0.15) is 0 Å². The lowest BCUT2D eigenvalue weighted by Gasteiger charge is -2.03. The van der Waals surface area contributed by atoms with E-state index in [9.17, 15) is 4.79 Å². The Balaban J connectivity index is 2.28. The third-order valence-corrected chi connectivity index (χ3v) is 3.53. The molecule has 0 saturated heterocycles. The standard InChI is InChI=1S/C15H15N3O/c1-10-6-7-16-13(8-10)11-4-5-14-12(9-11)15(19)18(3)17(14)2/h4-9H,1-3H3. The molecule has 0 aliphatic rings. The van der Waals surface area contributed by atoms with Crippen LogP contribution in [0.5, 0.6) is 0 Å². The molecule has 0 aliphatic heterocycles. The molecule has 3 aromatic rings. The molecule has 0 aliphatic carbocycles. The van der Waals surface area contributed by atoms with E-state index in [1.807, 2.05) is 49.0 Å². The first-order valence-electron chi connectivity index (χ1n) is 6.16. The lowest BCUT2D eigenvalue weighted by molar-refractivity contribution is 0.595. The monoisotopic (exact) mass is 253 g/mol. The van der Waals surface area contributed by atoms with Crippen LogP contribution in [-0.4, -0.2) is 14.3 Å². The van der Waals surface area contributed by atoms with Crippen molar-refractivity contribution < 1.29 is 0 Å². The molecule has 2 heterocycles. The summed E-state index contributed by atoms with van der Waals surface area (Å²) in [5, 5.41) is 0.728. The van der Waals surface area contributed by atoms with Crippen molar-refractivity contribution >= 4 is 10.9 Å². The highest BCUT2D eigenvalue weighted by atomic mass is 16.1. The van der Waals surface area contributed by atoms with Crippen molar-refractivity contribution in [2.45, 2.75) is 6.92 Å². The predicted molar refractivity (Wildman–Crippen MR) is 76.1 cm³/mol.